The van der Waals surface area contributed by atoms with E-state index in [4.69, 9.17) is 9.72 Å². The Balaban J connectivity index is 0.000000140. The van der Waals surface area contributed by atoms with Crippen LogP contribution in [0.15, 0.2) is 103 Å². The summed E-state index contributed by atoms with van der Waals surface area (Å²) in [5.74, 6) is 0.851. The summed E-state index contributed by atoms with van der Waals surface area (Å²) in [4.78, 5) is 13.5. The molecule has 0 atom stereocenters. The molecule has 0 spiro atoms. The van der Waals surface area contributed by atoms with Gasteiger partial charge >= 0.3 is 0 Å². The molecular weight excluding hydrogens is 599 g/mol. The van der Waals surface area contributed by atoms with Gasteiger partial charge in [0.25, 0.3) is 0 Å². The van der Waals surface area contributed by atoms with Crippen LogP contribution in [0.4, 0.5) is 0 Å². The first-order valence-corrected chi connectivity index (χ1v) is 10.8. The third-order valence-electron chi connectivity index (χ3n) is 5.65. The molecule has 34 heavy (non-hydrogen) atoms. The average molecular weight is 618 g/mol. The van der Waals surface area contributed by atoms with E-state index in [1.807, 2.05) is 66.7 Å². The minimum Gasteiger partial charge on any atom is -0.656 e. The molecular formula is C29H19IrN3O-2. The summed E-state index contributed by atoms with van der Waals surface area (Å²) in [6.45, 7) is 0.597. The number of fused-ring (bicyclic) bond motifs is 5. The van der Waals surface area contributed by atoms with Crippen LogP contribution in [0, 0.1) is 6.07 Å². The SMILES string of the molecule is [Ir].[c-]1cccc2c1-c1nc3ccccc3cc1OC2.c1ccc(-c2cc3ccccc3[n-]2)nc1. The van der Waals surface area contributed by atoms with Crippen molar-refractivity contribution in [2.75, 3.05) is 0 Å². The van der Waals surface area contributed by atoms with Crippen molar-refractivity contribution in [1.82, 2.24) is 15.0 Å². The van der Waals surface area contributed by atoms with Crippen molar-refractivity contribution >= 4 is 21.8 Å². The fraction of sp³-hybridized carbons (Fsp3) is 0.0345. The first-order valence-electron chi connectivity index (χ1n) is 10.8. The molecule has 6 aromatic rings. The van der Waals surface area contributed by atoms with Crippen LogP contribution in [0.5, 0.6) is 5.75 Å². The molecule has 0 saturated heterocycles. The predicted octanol–water partition coefficient (Wildman–Crippen LogP) is 6.45. The number of hydrogen-bond acceptors (Lipinski definition) is 3. The van der Waals surface area contributed by atoms with Crippen molar-refractivity contribution < 1.29 is 24.8 Å². The summed E-state index contributed by atoms with van der Waals surface area (Å²) in [6.07, 6.45) is 1.79. The van der Waals surface area contributed by atoms with Gasteiger partial charge in [-0.3, -0.25) is 9.97 Å². The van der Waals surface area contributed by atoms with Gasteiger partial charge in [0.15, 0.2) is 0 Å². The number of aromatic nitrogens is 3. The van der Waals surface area contributed by atoms with E-state index >= 15 is 0 Å². The van der Waals surface area contributed by atoms with Gasteiger partial charge in [0.05, 0.1) is 12.1 Å². The van der Waals surface area contributed by atoms with Crippen LogP contribution in [0.3, 0.4) is 0 Å². The van der Waals surface area contributed by atoms with Crippen LogP contribution in [0.1, 0.15) is 5.56 Å². The van der Waals surface area contributed by atoms with Crippen molar-refractivity contribution in [2.24, 2.45) is 0 Å². The van der Waals surface area contributed by atoms with Crippen molar-refractivity contribution in [2.45, 2.75) is 6.61 Å². The second kappa shape index (κ2) is 9.60. The molecule has 7 rings (SSSR count). The number of pyridine rings is 2. The Morgan fingerprint density at radius 3 is 2.50 bits per heavy atom. The zero-order valence-electron chi connectivity index (χ0n) is 18.1. The third-order valence-corrected chi connectivity index (χ3v) is 5.65. The van der Waals surface area contributed by atoms with Crippen molar-refractivity contribution in [3.8, 4) is 28.4 Å². The summed E-state index contributed by atoms with van der Waals surface area (Å²) in [7, 11) is 0. The number of para-hydroxylation sites is 2. The number of ether oxygens (including phenoxy) is 1. The van der Waals surface area contributed by atoms with Crippen LogP contribution < -0.4 is 9.72 Å². The third kappa shape index (κ3) is 4.24. The number of rotatable bonds is 1. The van der Waals surface area contributed by atoms with Gasteiger partial charge in [-0.15, -0.1) is 41.0 Å². The molecule has 4 heterocycles. The minimum absolute atomic E-state index is 0. The minimum atomic E-state index is 0. The Morgan fingerprint density at radius 1 is 0.824 bits per heavy atom. The van der Waals surface area contributed by atoms with E-state index in [2.05, 4.69) is 46.4 Å². The van der Waals surface area contributed by atoms with E-state index in [1.165, 1.54) is 0 Å². The van der Waals surface area contributed by atoms with Crippen molar-refractivity contribution in [3.63, 3.8) is 0 Å². The van der Waals surface area contributed by atoms with Gasteiger partial charge in [-0.05, 0) is 29.7 Å². The quantitative estimate of drug-likeness (QED) is 0.199. The fourth-order valence-electron chi connectivity index (χ4n) is 4.02. The molecule has 1 radical (unpaired) electrons. The molecule has 0 unspecified atom stereocenters. The molecule has 0 fully saturated rings. The van der Waals surface area contributed by atoms with Gasteiger partial charge in [-0.2, -0.15) is 0 Å². The van der Waals surface area contributed by atoms with Crippen LogP contribution in [-0.2, 0) is 26.7 Å². The molecule has 5 heteroatoms. The molecule has 167 valence electrons. The molecule has 1 aliphatic heterocycles. The van der Waals surface area contributed by atoms with Gasteiger partial charge in [0.2, 0.25) is 0 Å². The number of nitrogens with zero attached hydrogens (tertiary/aromatic N) is 3. The number of benzene rings is 3. The molecule has 1 aliphatic rings. The Bertz CT molecular complexity index is 1540. The van der Waals surface area contributed by atoms with E-state index in [0.29, 0.717) is 6.61 Å². The summed E-state index contributed by atoms with van der Waals surface area (Å²) in [5.41, 5.74) is 6.99. The summed E-state index contributed by atoms with van der Waals surface area (Å²) < 4.78 is 5.78. The Kier molecular flexibility index (Phi) is 6.22. The molecule has 0 amide bonds. The van der Waals surface area contributed by atoms with Crippen LogP contribution in [0.2, 0.25) is 0 Å². The van der Waals surface area contributed by atoms with E-state index < -0.39 is 0 Å². The monoisotopic (exact) mass is 618 g/mol. The topological polar surface area (TPSA) is 49.1 Å². The van der Waals surface area contributed by atoms with Gasteiger partial charge in [0.1, 0.15) is 5.75 Å². The standard InChI is InChI=1S/C16H10NO.C13H9N2.Ir/c1-3-7-13-12(6-1)10-18-15-9-11-5-2-4-8-14(11)17-16(13)15;1-2-6-11-10(5-1)9-13(15-11)12-7-3-4-8-14-12;/h1-6,8-9H,10H2;1-9H;/q2*-1;. The van der Waals surface area contributed by atoms with Gasteiger partial charge < -0.3 is 9.72 Å². The number of hydrogen-bond donors (Lipinski definition) is 0. The van der Waals surface area contributed by atoms with Crippen molar-refractivity contribution in [3.05, 3.63) is 115 Å². The Hall–Kier alpha value is -3.79. The maximum Gasteiger partial charge on any atom is 0.104 e. The smallest absolute Gasteiger partial charge is 0.104 e. The fourth-order valence-corrected chi connectivity index (χ4v) is 4.02. The summed E-state index contributed by atoms with van der Waals surface area (Å²) in [5, 5.41) is 2.27. The molecule has 4 nitrogen and oxygen atoms in total. The van der Waals surface area contributed by atoms with E-state index in [1.54, 1.807) is 6.20 Å². The van der Waals surface area contributed by atoms with Crippen LogP contribution in [0.25, 0.3) is 44.5 Å². The zero-order chi connectivity index (χ0) is 22.0. The van der Waals surface area contributed by atoms with Gasteiger partial charge in [-0.25, -0.2) is 0 Å². The maximum atomic E-state index is 5.78. The van der Waals surface area contributed by atoms with Gasteiger partial charge in [-0.1, -0.05) is 60.2 Å². The van der Waals surface area contributed by atoms with Gasteiger partial charge in [0, 0.05) is 43.1 Å². The maximum absolute atomic E-state index is 5.78. The van der Waals surface area contributed by atoms with Crippen LogP contribution >= 0.6 is 0 Å². The predicted molar refractivity (Wildman–Crippen MR) is 131 cm³/mol. The largest absolute Gasteiger partial charge is 0.656 e. The van der Waals surface area contributed by atoms with E-state index in [-0.39, 0.29) is 20.1 Å². The normalized spacial score (nSPS) is 11.4. The molecule has 0 aliphatic carbocycles. The second-order valence-corrected chi connectivity index (χ2v) is 7.80. The molecule has 3 aromatic carbocycles. The zero-order valence-corrected chi connectivity index (χ0v) is 20.5. The summed E-state index contributed by atoms with van der Waals surface area (Å²) in [6, 6.07) is 35.4. The Labute approximate surface area is 211 Å². The average Bonchev–Trinajstić information content (AvgIpc) is 3.33. The first-order chi connectivity index (χ1) is 16.3. The molecule has 0 bridgehead atoms. The molecule has 0 saturated carbocycles. The van der Waals surface area contributed by atoms with Crippen LogP contribution in [-0.4, -0.2) is 9.97 Å². The second-order valence-electron chi connectivity index (χ2n) is 7.80. The summed E-state index contributed by atoms with van der Waals surface area (Å²) >= 11 is 0. The van der Waals surface area contributed by atoms with Crippen molar-refractivity contribution in [1.29, 1.82) is 0 Å². The Morgan fingerprint density at radius 2 is 1.65 bits per heavy atom. The molecule has 3 aromatic heterocycles. The first kappa shape index (κ1) is 22.0. The van der Waals surface area contributed by atoms with E-state index in [0.717, 1.165) is 55.8 Å². The molecule has 0 N–H and O–H groups in total. The van der Waals surface area contributed by atoms with E-state index in [9.17, 15) is 0 Å².